The van der Waals surface area contributed by atoms with Crippen LogP contribution in [0.5, 0.6) is 0 Å². The predicted octanol–water partition coefficient (Wildman–Crippen LogP) is -0.776. The van der Waals surface area contributed by atoms with Crippen molar-refractivity contribution < 1.29 is 9.68 Å². The van der Waals surface area contributed by atoms with Gasteiger partial charge in [-0.3, -0.25) is 0 Å². The number of rotatable bonds is 1. The summed E-state index contributed by atoms with van der Waals surface area (Å²) >= 11 is 0. The highest BCUT2D eigenvalue weighted by molar-refractivity contribution is 5.72. The highest BCUT2D eigenvalue weighted by atomic mass is 16.7. The van der Waals surface area contributed by atoms with Crippen LogP contribution >= 0.6 is 0 Å². The van der Waals surface area contributed by atoms with Gasteiger partial charge in [-0.15, -0.1) is 0 Å². The molecule has 3 N–H and O–H groups in total. The zero-order chi connectivity index (χ0) is 9.97. The van der Waals surface area contributed by atoms with Crippen molar-refractivity contribution in [1.29, 1.82) is 0 Å². The summed E-state index contributed by atoms with van der Waals surface area (Å²) in [5.41, 5.74) is 7.02. The van der Waals surface area contributed by atoms with Gasteiger partial charge in [-0.1, -0.05) is 12.1 Å². The maximum absolute atomic E-state index is 5.41. The van der Waals surface area contributed by atoms with E-state index in [1.165, 1.54) is 4.85 Å². The van der Waals surface area contributed by atoms with Crippen molar-refractivity contribution in [3.63, 3.8) is 0 Å². The van der Waals surface area contributed by atoms with Crippen LogP contribution < -0.4 is 15.4 Å². The summed E-state index contributed by atoms with van der Waals surface area (Å²) in [4.78, 5) is 10.2. The number of amidine groups is 1. The number of nitrogens with zero attached hydrogens (tertiary/aromatic N) is 3. The number of nitrogens with one attached hydrogen (secondary N) is 1. The topological polar surface area (TPSA) is 80.2 Å². The van der Waals surface area contributed by atoms with Crippen LogP contribution in [0.25, 0.3) is 11.0 Å². The van der Waals surface area contributed by atoms with E-state index in [1.54, 1.807) is 7.05 Å². The van der Waals surface area contributed by atoms with E-state index in [0.29, 0.717) is 0 Å². The third-order valence-electron chi connectivity index (χ3n) is 1.77. The number of benzene rings is 1. The Kier molecular flexibility index (Phi) is 2.02. The van der Waals surface area contributed by atoms with Crippen LogP contribution in [0.2, 0.25) is 0 Å². The average Bonchev–Trinajstić information content (AvgIpc) is 2.62. The van der Waals surface area contributed by atoms with Gasteiger partial charge in [0.2, 0.25) is 5.52 Å². The molecule has 6 nitrogen and oxygen atoms in total. The number of aromatic nitrogens is 3. The van der Waals surface area contributed by atoms with Crippen molar-refractivity contribution in [3.05, 3.63) is 24.3 Å². The number of hydrogen-bond donors (Lipinski definition) is 2. The molecule has 0 saturated carbocycles. The highest BCUT2D eigenvalue weighted by Crippen LogP contribution is 2.02. The summed E-state index contributed by atoms with van der Waals surface area (Å²) in [6.07, 6.45) is 0. The Balaban J connectivity index is 2.43. The lowest BCUT2D eigenvalue weighted by atomic mass is 10.3. The minimum atomic E-state index is 0.0735. The molecule has 1 aromatic heterocycles. The molecule has 14 heavy (non-hydrogen) atoms. The molecule has 0 aliphatic heterocycles. The Bertz CT molecular complexity index is 475. The van der Waals surface area contributed by atoms with Crippen molar-refractivity contribution in [2.45, 2.75) is 0 Å². The molecule has 1 heterocycles. The van der Waals surface area contributed by atoms with E-state index in [2.05, 4.69) is 15.3 Å². The second-order valence-electron chi connectivity index (χ2n) is 2.65. The number of fused-ring (bicyclic) bond motifs is 1. The maximum Gasteiger partial charge on any atom is 0.338 e. The van der Waals surface area contributed by atoms with Crippen LogP contribution in [-0.4, -0.2) is 23.4 Å². The molecule has 0 bridgehead atoms. The first-order valence-corrected chi connectivity index (χ1v) is 4.07. The van der Waals surface area contributed by atoms with Crippen molar-refractivity contribution in [2.24, 2.45) is 10.7 Å². The molecule has 0 aliphatic carbocycles. The number of nitrogens with two attached hydrogens (primary N) is 1. The highest BCUT2D eigenvalue weighted by Gasteiger charge is 2.13. The van der Waals surface area contributed by atoms with E-state index >= 15 is 0 Å². The van der Waals surface area contributed by atoms with E-state index in [-0.39, 0.29) is 6.02 Å². The zero-order valence-corrected chi connectivity index (χ0v) is 7.64. The lowest BCUT2D eigenvalue weighted by molar-refractivity contribution is -0.892. The molecule has 0 saturated heterocycles. The summed E-state index contributed by atoms with van der Waals surface area (Å²) in [6.45, 7) is 0. The standard InChI is InChI=1S/C8H9N5O/c1-10-8(9)14-13-7-5-3-2-4-6(7)11-12-13/h2-5H,1H3,(H2,9,10)/p+1. The third-order valence-corrected chi connectivity index (χ3v) is 1.77. The van der Waals surface area contributed by atoms with Crippen molar-refractivity contribution in [2.75, 3.05) is 7.05 Å². The molecule has 0 radical (unpaired) electrons. The quantitative estimate of drug-likeness (QED) is 0.353. The van der Waals surface area contributed by atoms with Gasteiger partial charge >= 0.3 is 6.02 Å². The van der Waals surface area contributed by atoms with Gasteiger partial charge in [0.15, 0.2) is 0 Å². The Morgan fingerprint density at radius 2 is 2.36 bits per heavy atom. The molecule has 0 aliphatic rings. The first kappa shape index (κ1) is 8.49. The molecule has 0 atom stereocenters. The van der Waals surface area contributed by atoms with Gasteiger partial charge in [0.05, 0.1) is 0 Å². The number of H-pyrrole nitrogens is 1. The molecule has 2 rings (SSSR count). The minimum Gasteiger partial charge on any atom is -0.350 e. The fourth-order valence-corrected chi connectivity index (χ4v) is 1.09. The van der Waals surface area contributed by atoms with Crippen molar-refractivity contribution in [1.82, 2.24) is 10.3 Å². The molecule has 2 aromatic rings. The number of hydrogen-bond acceptors (Lipinski definition) is 3. The molecular formula is C8H10N5O+. The maximum atomic E-state index is 5.41. The second kappa shape index (κ2) is 3.33. The van der Waals surface area contributed by atoms with Crippen LogP contribution in [0.15, 0.2) is 29.3 Å². The molecule has 0 spiro atoms. The van der Waals surface area contributed by atoms with Gasteiger partial charge in [0, 0.05) is 17.0 Å². The fraction of sp³-hybridized carbons (Fsp3) is 0.125. The smallest absolute Gasteiger partial charge is 0.338 e. The Labute approximate surface area is 79.9 Å². The molecule has 0 amide bonds. The normalized spacial score (nSPS) is 11.9. The number of aromatic amines is 1. The van der Waals surface area contributed by atoms with Crippen LogP contribution in [0.3, 0.4) is 0 Å². The monoisotopic (exact) mass is 192 g/mol. The van der Waals surface area contributed by atoms with E-state index in [1.807, 2.05) is 24.3 Å². The summed E-state index contributed by atoms with van der Waals surface area (Å²) in [5.74, 6) is 0. The first-order valence-electron chi connectivity index (χ1n) is 4.07. The SMILES string of the molecule is CN=C(N)O[n+]1[nH]nc2ccccc21. The third kappa shape index (κ3) is 1.37. The van der Waals surface area contributed by atoms with Gasteiger partial charge < -0.3 is 5.73 Å². The first-order chi connectivity index (χ1) is 6.81. The molecule has 0 unspecified atom stereocenters. The van der Waals surface area contributed by atoms with Crippen molar-refractivity contribution >= 4 is 17.1 Å². The Morgan fingerprint density at radius 1 is 1.57 bits per heavy atom. The summed E-state index contributed by atoms with van der Waals surface area (Å²) < 4.78 is 0. The van der Waals surface area contributed by atoms with Gasteiger partial charge in [-0.2, -0.15) is 0 Å². The van der Waals surface area contributed by atoms with E-state index < -0.39 is 0 Å². The Hall–Kier alpha value is -2.11. The van der Waals surface area contributed by atoms with Crippen molar-refractivity contribution in [3.8, 4) is 0 Å². The van der Waals surface area contributed by atoms with Gasteiger partial charge in [-0.05, 0) is 17.3 Å². The molecule has 0 fully saturated rings. The average molecular weight is 192 g/mol. The zero-order valence-electron chi connectivity index (χ0n) is 7.64. The molecule has 72 valence electrons. The minimum absolute atomic E-state index is 0.0735. The molecule has 1 aromatic carbocycles. The van der Waals surface area contributed by atoms with Crippen LogP contribution in [0, 0.1) is 0 Å². The second-order valence-corrected chi connectivity index (χ2v) is 2.65. The van der Waals surface area contributed by atoms with E-state index in [9.17, 15) is 0 Å². The number of aliphatic imine (C=N–C) groups is 1. The summed E-state index contributed by atoms with van der Waals surface area (Å²) in [6, 6.07) is 7.58. The summed E-state index contributed by atoms with van der Waals surface area (Å²) in [7, 11) is 1.55. The Morgan fingerprint density at radius 3 is 3.14 bits per heavy atom. The van der Waals surface area contributed by atoms with E-state index in [4.69, 9.17) is 10.6 Å². The largest absolute Gasteiger partial charge is 0.350 e. The van der Waals surface area contributed by atoms with E-state index in [0.717, 1.165) is 11.0 Å². The summed E-state index contributed by atoms with van der Waals surface area (Å²) in [5, 5.41) is 6.67. The lowest BCUT2D eigenvalue weighted by Gasteiger charge is -1.94. The van der Waals surface area contributed by atoms with Crippen LogP contribution in [0.1, 0.15) is 0 Å². The van der Waals surface area contributed by atoms with Crippen LogP contribution in [-0.2, 0) is 0 Å². The van der Waals surface area contributed by atoms with Gasteiger partial charge in [0.1, 0.15) is 0 Å². The lowest BCUT2D eigenvalue weighted by Crippen LogP contribution is -2.50. The number of para-hydroxylation sites is 2. The van der Waals surface area contributed by atoms with Gasteiger partial charge in [0.25, 0.3) is 5.52 Å². The fourth-order valence-electron chi connectivity index (χ4n) is 1.09. The molecular weight excluding hydrogens is 182 g/mol. The van der Waals surface area contributed by atoms with Gasteiger partial charge in [-0.25, -0.2) is 9.83 Å². The molecule has 6 heteroatoms. The predicted molar refractivity (Wildman–Crippen MR) is 50.4 cm³/mol. The van der Waals surface area contributed by atoms with Crippen LogP contribution in [0.4, 0.5) is 0 Å².